The monoisotopic (exact) mass is 311 g/mol. The van der Waals surface area contributed by atoms with E-state index in [0.29, 0.717) is 24.4 Å². The van der Waals surface area contributed by atoms with Gasteiger partial charge >= 0.3 is 0 Å². The minimum absolute atomic E-state index is 0.341. The first-order valence-corrected chi connectivity index (χ1v) is 8.60. The summed E-state index contributed by atoms with van der Waals surface area (Å²) in [6.07, 6.45) is 2.28. The van der Waals surface area contributed by atoms with Gasteiger partial charge in [-0.2, -0.15) is 0 Å². The number of nitrogens with zero attached hydrogens (tertiary/aromatic N) is 1. The van der Waals surface area contributed by atoms with Crippen LogP contribution in [-0.2, 0) is 23.0 Å². The van der Waals surface area contributed by atoms with Gasteiger partial charge in [0.1, 0.15) is 0 Å². The average Bonchev–Trinajstić information content (AvgIpc) is 2.89. The summed E-state index contributed by atoms with van der Waals surface area (Å²) in [6, 6.07) is 7.25. The second-order valence-corrected chi connectivity index (χ2v) is 6.94. The molecule has 2 aromatic heterocycles. The molecule has 20 heavy (non-hydrogen) atoms. The zero-order chi connectivity index (χ0) is 14.4. The van der Waals surface area contributed by atoms with Crippen molar-refractivity contribution in [2.75, 3.05) is 13.6 Å². The number of aromatic nitrogens is 1. The first-order chi connectivity index (χ1) is 9.63. The molecule has 0 saturated heterocycles. The summed E-state index contributed by atoms with van der Waals surface area (Å²) in [5, 5.41) is 4.76. The molecule has 108 valence electrons. The summed E-state index contributed by atoms with van der Waals surface area (Å²) in [5.74, 6) is 0. The SMILES string of the molecule is CNCc1sccc1S(=O)(=O)NCCc1ccccn1. The lowest BCUT2D eigenvalue weighted by molar-refractivity contribution is 0.580. The normalized spacial score (nSPS) is 11.7. The van der Waals surface area contributed by atoms with Gasteiger partial charge in [-0.15, -0.1) is 11.3 Å². The molecule has 2 aromatic rings. The Hall–Kier alpha value is -1.28. The number of pyridine rings is 1. The summed E-state index contributed by atoms with van der Waals surface area (Å²) < 4.78 is 27.1. The van der Waals surface area contributed by atoms with E-state index in [1.54, 1.807) is 24.7 Å². The van der Waals surface area contributed by atoms with Gasteiger partial charge in [-0.3, -0.25) is 4.98 Å². The summed E-state index contributed by atoms with van der Waals surface area (Å²) in [4.78, 5) is 5.34. The van der Waals surface area contributed by atoms with Crippen LogP contribution in [0.25, 0.3) is 0 Å². The summed E-state index contributed by atoms with van der Waals surface area (Å²) in [5.41, 5.74) is 0.871. The Morgan fingerprint density at radius 2 is 2.15 bits per heavy atom. The van der Waals surface area contributed by atoms with Crippen LogP contribution >= 0.6 is 11.3 Å². The van der Waals surface area contributed by atoms with Gasteiger partial charge in [-0.1, -0.05) is 6.07 Å². The minimum atomic E-state index is -3.45. The van der Waals surface area contributed by atoms with Crippen LogP contribution in [-0.4, -0.2) is 27.0 Å². The standard InChI is InChI=1S/C13H17N3O2S2/c1-14-10-12-13(6-9-19-12)20(17,18)16-8-5-11-4-2-3-7-15-11/h2-4,6-7,9,14,16H,5,8,10H2,1H3. The predicted molar refractivity (Wildman–Crippen MR) is 80.2 cm³/mol. The lowest BCUT2D eigenvalue weighted by Crippen LogP contribution is -2.27. The van der Waals surface area contributed by atoms with Crippen molar-refractivity contribution in [2.24, 2.45) is 0 Å². The molecule has 0 aromatic carbocycles. The van der Waals surface area contributed by atoms with E-state index < -0.39 is 10.0 Å². The third-order valence-electron chi connectivity index (χ3n) is 2.73. The van der Waals surface area contributed by atoms with E-state index in [-0.39, 0.29) is 0 Å². The van der Waals surface area contributed by atoms with Crippen molar-refractivity contribution in [2.45, 2.75) is 17.9 Å². The fourth-order valence-corrected chi connectivity index (χ4v) is 4.28. The van der Waals surface area contributed by atoms with Gasteiger partial charge in [0.05, 0.1) is 4.90 Å². The third kappa shape index (κ3) is 3.86. The van der Waals surface area contributed by atoms with E-state index >= 15 is 0 Å². The topological polar surface area (TPSA) is 71.1 Å². The molecular formula is C13H17N3O2S2. The van der Waals surface area contributed by atoms with Crippen LogP contribution in [0.1, 0.15) is 10.6 Å². The number of nitrogens with one attached hydrogen (secondary N) is 2. The Balaban J connectivity index is 1.99. The van der Waals surface area contributed by atoms with Crippen molar-refractivity contribution in [1.29, 1.82) is 0 Å². The highest BCUT2D eigenvalue weighted by Crippen LogP contribution is 2.21. The van der Waals surface area contributed by atoms with Crippen molar-refractivity contribution >= 4 is 21.4 Å². The van der Waals surface area contributed by atoms with E-state index in [9.17, 15) is 8.42 Å². The van der Waals surface area contributed by atoms with Gasteiger partial charge in [0.2, 0.25) is 10.0 Å². The first-order valence-electron chi connectivity index (χ1n) is 6.24. The van der Waals surface area contributed by atoms with E-state index in [0.717, 1.165) is 10.6 Å². The van der Waals surface area contributed by atoms with E-state index in [1.165, 1.54) is 11.3 Å². The van der Waals surface area contributed by atoms with Crippen molar-refractivity contribution in [1.82, 2.24) is 15.0 Å². The Morgan fingerprint density at radius 3 is 2.85 bits per heavy atom. The van der Waals surface area contributed by atoms with Gasteiger partial charge in [0.25, 0.3) is 0 Å². The van der Waals surface area contributed by atoms with Crippen LogP contribution in [0.2, 0.25) is 0 Å². The molecule has 0 fully saturated rings. The molecule has 0 radical (unpaired) electrons. The fraction of sp³-hybridized carbons (Fsp3) is 0.308. The van der Waals surface area contributed by atoms with Crippen LogP contribution in [0, 0.1) is 0 Å². The zero-order valence-electron chi connectivity index (χ0n) is 11.2. The molecule has 0 atom stereocenters. The highest BCUT2D eigenvalue weighted by Gasteiger charge is 2.18. The summed E-state index contributed by atoms with van der Waals surface area (Å²) in [7, 11) is -1.65. The van der Waals surface area contributed by atoms with Gasteiger partial charge in [0.15, 0.2) is 0 Å². The minimum Gasteiger partial charge on any atom is -0.315 e. The maximum atomic E-state index is 12.2. The van der Waals surface area contributed by atoms with E-state index in [1.807, 2.05) is 18.2 Å². The summed E-state index contributed by atoms with van der Waals surface area (Å²) in [6.45, 7) is 0.891. The van der Waals surface area contributed by atoms with Crippen molar-refractivity contribution < 1.29 is 8.42 Å². The fourth-order valence-electron chi connectivity index (χ4n) is 1.79. The van der Waals surface area contributed by atoms with Gasteiger partial charge in [0, 0.05) is 36.3 Å². The Morgan fingerprint density at radius 1 is 1.30 bits per heavy atom. The molecule has 0 saturated carbocycles. The smallest absolute Gasteiger partial charge is 0.241 e. The van der Waals surface area contributed by atoms with Crippen LogP contribution in [0.5, 0.6) is 0 Å². The third-order valence-corrected chi connectivity index (χ3v) is 5.33. The van der Waals surface area contributed by atoms with Gasteiger partial charge in [-0.05, 0) is 30.6 Å². The highest BCUT2D eigenvalue weighted by molar-refractivity contribution is 7.89. The maximum Gasteiger partial charge on any atom is 0.241 e. The van der Waals surface area contributed by atoms with Crippen molar-refractivity contribution in [3.8, 4) is 0 Å². The largest absolute Gasteiger partial charge is 0.315 e. The number of sulfonamides is 1. The van der Waals surface area contributed by atoms with Gasteiger partial charge in [-0.25, -0.2) is 13.1 Å². The Labute approximate surface area is 123 Å². The molecule has 0 aliphatic carbocycles. The summed E-state index contributed by atoms with van der Waals surface area (Å²) >= 11 is 1.44. The van der Waals surface area contributed by atoms with Crippen LogP contribution in [0.15, 0.2) is 40.7 Å². The van der Waals surface area contributed by atoms with Crippen molar-refractivity contribution in [3.05, 3.63) is 46.4 Å². The lowest BCUT2D eigenvalue weighted by Gasteiger charge is -2.07. The number of thiophene rings is 1. The van der Waals surface area contributed by atoms with Crippen LogP contribution in [0.4, 0.5) is 0 Å². The highest BCUT2D eigenvalue weighted by atomic mass is 32.2. The van der Waals surface area contributed by atoms with E-state index in [2.05, 4.69) is 15.0 Å². The number of rotatable bonds is 7. The van der Waals surface area contributed by atoms with Crippen molar-refractivity contribution in [3.63, 3.8) is 0 Å². The molecular weight excluding hydrogens is 294 g/mol. The molecule has 0 amide bonds. The number of hydrogen-bond acceptors (Lipinski definition) is 5. The van der Waals surface area contributed by atoms with Crippen LogP contribution in [0.3, 0.4) is 0 Å². The molecule has 0 aliphatic heterocycles. The molecule has 0 bridgehead atoms. The van der Waals surface area contributed by atoms with Gasteiger partial charge < -0.3 is 5.32 Å². The Bertz CT molecular complexity index is 639. The zero-order valence-corrected chi connectivity index (χ0v) is 12.8. The molecule has 7 heteroatoms. The molecule has 0 unspecified atom stereocenters. The van der Waals surface area contributed by atoms with E-state index in [4.69, 9.17) is 0 Å². The first kappa shape index (κ1) is 15.1. The molecule has 0 spiro atoms. The molecule has 2 rings (SSSR count). The number of hydrogen-bond donors (Lipinski definition) is 2. The average molecular weight is 311 g/mol. The predicted octanol–water partition coefficient (Wildman–Crippen LogP) is 1.38. The lowest BCUT2D eigenvalue weighted by atomic mass is 10.3. The maximum absolute atomic E-state index is 12.2. The molecule has 0 aliphatic rings. The Kier molecular flexibility index (Phi) is 5.24. The molecule has 2 N–H and O–H groups in total. The second kappa shape index (κ2) is 6.94. The molecule has 5 nitrogen and oxygen atoms in total. The molecule has 2 heterocycles. The van der Waals surface area contributed by atoms with Crippen LogP contribution < -0.4 is 10.0 Å². The quantitative estimate of drug-likeness (QED) is 0.810. The second-order valence-electron chi connectivity index (χ2n) is 4.21.